The van der Waals surface area contributed by atoms with Crippen molar-refractivity contribution in [3.63, 3.8) is 0 Å². The van der Waals surface area contributed by atoms with Gasteiger partial charge in [0.15, 0.2) is 6.29 Å². The van der Waals surface area contributed by atoms with E-state index in [1.807, 2.05) is 19.1 Å². The largest absolute Gasteiger partial charge is 0.349 e. The molecule has 0 spiro atoms. The number of hydrogen-bond donors (Lipinski definition) is 0. The molecule has 0 aromatic heterocycles. The Labute approximate surface area is 269 Å². The lowest BCUT2D eigenvalue weighted by molar-refractivity contribution is -0.195. The molecule has 0 heterocycles. The van der Waals surface area contributed by atoms with Crippen LogP contribution in [0.3, 0.4) is 0 Å². The van der Waals surface area contributed by atoms with Crippen molar-refractivity contribution < 1.29 is 13.9 Å². The fraction of sp³-hybridized carbons (Fsp3) is 0.450. The maximum atomic E-state index is 14.8. The van der Waals surface area contributed by atoms with Gasteiger partial charge in [0.1, 0.15) is 5.82 Å². The van der Waals surface area contributed by atoms with Gasteiger partial charge in [-0.3, -0.25) is 0 Å². The van der Waals surface area contributed by atoms with Crippen molar-refractivity contribution in [1.29, 1.82) is 0 Å². The first-order chi connectivity index (χ1) is 21.6. The van der Waals surface area contributed by atoms with E-state index in [0.29, 0.717) is 19.4 Å². The zero-order chi connectivity index (χ0) is 30.7. The first-order valence-electron chi connectivity index (χ1n) is 16.7. The molecule has 0 saturated heterocycles. The summed E-state index contributed by atoms with van der Waals surface area (Å²) in [6, 6.07) is 24.5. The van der Waals surface area contributed by atoms with Crippen molar-refractivity contribution in [1.82, 2.24) is 0 Å². The third kappa shape index (κ3) is 8.71. The predicted octanol–water partition coefficient (Wildman–Crippen LogP) is 11.2. The van der Waals surface area contributed by atoms with Crippen LogP contribution in [0, 0.1) is 11.7 Å². The van der Waals surface area contributed by atoms with Gasteiger partial charge in [0.05, 0.1) is 18.1 Å². The number of hydrogen-bond acceptors (Lipinski definition) is 2. The topological polar surface area (TPSA) is 18.5 Å². The molecule has 0 saturated carbocycles. The van der Waals surface area contributed by atoms with Crippen LogP contribution in [0.1, 0.15) is 104 Å². The summed E-state index contributed by atoms with van der Waals surface area (Å²) in [5.74, 6) is 0.0284. The van der Waals surface area contributed by atoms with Gasteiger partial charge < -0.3 is 9.47 Å². The molecule has 3 aromatic carbocycles. The quantitative estimate of drug-likeness (QED) is 0.125. The molecule has 2 aliphatic rings. The van der Waals surface area contributed by atoms with Crippen LogP contribution in [-0.2, 0) is 28.9 Å². The Kier molecular flexibility index (Phi) is 12.3. The van der Waals surface area contributed by atoms with Crippen LogP contribution in [0.15, 0.2) is 96.6 Å². The number of benzene rings is 3. The monoisotopic (exact) mass is 614 g/mol. The van der Waals surface area contributed by atoms with Crippen LogP contribution >= 0.6 is 11.6 Å². The fourth-order valence-electron chi connectivity index (χ4n) is 6.86. The van der Waals surface area contributed by atoms with E-state index in [9.17, 15) is 4.39 Å². The smallest absolute Gasteiger partial charge is 0.165 e. The zero-order valence-electron chi connectivity index (χ0n) is 26.4. The molecule has 234 valence electrons. The minimum absolute atomic E-state index is 0.0259. The highest BCUT2D eigenvalue weighted by Crippen LogP contribution is 2.48. The molecule has 5 unspecified atom stereocenters. The van der Waals surface area contributed by atoms with Crippen molar-refractivity contribution in [2.24, 2.45) is 5.92 Å². The molecule has 44 heavy (non-hydrogen) atoms. The summed E-state index contributed by atoms with van der Waals surface area (Å²) in [6.07, 6.45) is 16.4. The predicted molar refractivity (Wildman–Crippen MR) is 180 cm³/mol. The highest BCUT2D eigenvalue weighted by atomic mass is 35.5. The van der Waals surface area contributed by atoms with Crippen LogP contribution in [0.4, 0.5) is 4.39 Å². The average Bonchev–Trinajstić information content (AvgIpc) is 3.05. The first kappa shape index (κ1) is 32.7. The van der Waals surface area contributed by atoms with Gasteiger partial charge in [-0.25, -0.2) is 4.39 Å². The van der Waals surface area contributed by atoms with Crippen molar-refractivity contribution in [2.45, 2.75) is 108 Å². The molecule has 0 bridgehead atoms. The minimum Gasteiger partial charge on any atom is -0.349 e. The maximum Gasteiger partial charge on any atom is 0.165 e. The molecule has 3 aromatic rings. The summed E-state index contributed by atoms with van der Waals surface area (Å²) in [5.41, 5.74) is 6.67. The van der Waals surface area contributed by atoms with E-state index in [4.69, 9.17) is 21.1 Å². The Morgan fingerprint density at radius 3 is 2.43 bits per heavy atom. The van der Waals surface area contributed by atoms with Crippen molar-refractivity contribution >= 4 is 11.6 Å². The average molecular weight is 615 g/mol. The summed E-state index contributed by atoms with van der Waals surface area (Å²) in [6.45, 7) is 4.70. The van der Waals surface area contributed by atoms with Gasteiger partial charge in [-0.2, -0.15) is 0 Å². The van der Waals surface area contributed by atoms with Gasteiger partial charge >= 0.3 is 0 Å². The Morgan fingerprint density at radius 2 is 1.70 bits per heavy atom. The second-order valence-corrected chi connectivity index (χ2v) is 12.9. The Morgan fingerprint density at radius 1 is 0.909 bits per heavy atom. The van der Waals surface area contributed by atoms with Gasteiger partial charge in [0.2, 0.25) is 0 Å². The third-order valence-corrected chi connectivity index (χ3v) is 9.84. The minimum atomic E-state index is -0.410. The highest BCUT2D eigenvalue weighted by molar-refractivity contribution is 6.21. The van der Waals surface area contributed by atoms with Crippen molar-refractivity contribution in [3.8, 4) is 0 Å². The van der Waals surface area contributed by atoms with Crippen LogP contribution < -0.4 is 0 Å². The molecular formula is C40H48ClFO2. The lowest BCUT2D eigenvalue weighted by atomic mass is 9.74. The Balaban J connectivity index is 1.39. The van der Waals surface area contributed by atoms with Crippen LogP contribution in [0.5, 0.6) is 0 Å². The van der Waals surface area contributed by atoms with Gasteiger partial charge in [-0.15, -0.1) is 11.6 Å². The maximum absolute atomic E-state index is 14.8. The lowest BCUT2D eigenvalue weighted by Gasteiger charge is -2.40. The number of aryl methyl sites for hydroxylation is 1. The molecule has 0 N–H and O–H groups in total. The summed E-state index contributed by atoms with van der Waals surface area (Å²) in [4.78, 5) is 0. The number of alkyl halides is 1. The summed E-state index contributed by atoms with van der Waals surface area (Å²) in [7, 11) is 0. The van der Waals surface area contributed by atoms with Gasteiger partial charge in [0, 0.05) is 5.92 Å². The van der Waals surface area contributed by atoms with E-state index in [-0.39, 0.29) is 29.1 Å². The molecule has 2 nitrogen and oxygen atoms in total. The van der Waals surface area contributed by atoms with Crippen LogP contribution in [-0.4, -0.2) is 12.4 Å². The molecule has 0 amide bonds. The SMILES string of the molecule is CCCC(CCCC1=CCCC=C1)OC(OCc1ccccc1)C1CC(Cc2ccc(CC)c(F)c2)C(Cl)c2ccccc21. The Bertz CT molecular complexity index is 1380. The van der Waals surface area contributed by atoms with E-state index in [1.54, 1.807) is 6.07 Å². The molecule has 5 atom stereocenters. The van der Waals surface area contributed by atoms with E-state index in [0.717, 1.165) is 73.6 Å². The lowest BCUT2D eigenvalue weighted by Crippen LogP contribution is -2.35. The molecule has 2 aliphatic carbocycles. The standard InChI is InChI=1S/C40H48ClFO2/c1-3-14-34(20-13-19-29-15-7-5-8-16-29)44-40(43-28-30-17-9-6-10-18-30)37-27-33(39(41)36-22-12-11-21-35(36)37)25-31-23-24-32(4-2)38(42)26-31/h6-7,9-12,15-18,21-24,26,33-34,37,39-40H,3-5,8,13-14,19-20,25,27-28H2,1-2H3. The van der Waals surface area contributed by atoms with Gasteiger partial charge in [-0.05, 0) is 97.6 Å². The number of allylic oxidation sites excluding steroid dienone is 4. The number of ether oxygens (including phenoxy) is 2. The number of rotatable bonds is 15. The molecule has 0 aliphatic heterocycles. The third-order valence-electron chi connectivity index (χ3n) is 9.25. The highest BCUT2D eigenvalue weighted by Gasteiger charge is 2.39. The van der Waals surface area contributed by atoms with Gasteiger partial charge in [0.25, 0.3) is 0 Å². The molecule has 0 radical (unpaired) electrons. The van der Waals surface area contributed by atoms with E-state index in [2.05, 4.69) is 79.7 Å². The van der Waals surface area contributed by atoms with Crippen LogP contribution in [0.25, 0.3) is 0 Å². The van der Waals surface area contributed by atoms with Crippen molar-refractivity contribution in [2.75, 3.05) is 0 Å². The molecule has 4 heteroatoms. The van der Waals surface area contributed by atoms with Crippen LogP contribution in [0.2, 0.25) is 0 Å². The summed E-state index contributed by atoms with van der Waals surface area (Å²) < 4.78 is 28.5. The second-order valence-electron chi connectivity index (χ2n) is 12.5. The first-order valence-corrected chi connectivity index (χ1v) is 17.2. The normalized spacial score (nSPS) is 21.0. The number of fused-ring (bicyclic) bond motifs is 1. The van der Waals surface area contributed by atoms with E-state index in [1.165, 1.54) is 11.1 Å². The summed E-state index contributed by atoms with van der Waals surface area (Å²) in [5, 5.41) is -0.158. The fourth-order valence-corrected chi connectivity index (χ4v) is 7.25. The summed E-state index contributed by atoms with van der Waals surface area (Å²) >= 11 is 7.22. The number of halogens is 2. The van der Waals surface area contributed by atoms with E-state index < -0.39 is 6.29 Å². The molecular weight excluding hydrogens is 567 g/mol. The van der Waals surface area contributed by atoms with Crippen molar-refractivity contribution in [3.05, 3.63) is 130 Å². The Hall–Kier alpha value is -2.72. The molecule has 0 fully saturated rings. The van der Waals surface area contributed by atoms with Gasteiger partial charge in [-0.1, -0.05) is 111 Å². The van der Waals surface area contributed by atoms with E-state index >= 15 is 0 Å². The second kappa shape index (κ2) is 16.5. The zero-order valence-corrected chi connectivity index (χ0v) is 27.2. The molecule has 5 rings (SSSR count).